The van der Waals surface area contributed by atoms with E-state index in [1.807, 2.05) is 0 Å². The van der Waals surface area contributed by atoms with Crippen LogP contribution < -0.4 is 16.0 Å². The van der Waals surface area contributed by atoms with Crippen molar-refractivity contribution in [3.05, 3.63) is 47.7 Å². The highest BCUT2D eigenvalue weighted by Gasteiger charge is 2.36. The highest BCUT2D eigenvalue weighted by molar-refractivity contribution is 5.83. The van der Waals surface area contributed by atoms with Crippen molar-refractivity contribution in [1.82, 2.24) is 20.9 Å². The Kier molecular flexibility index (Phi) is 7.53. The maximum absolute atomic E-state index is 13.2. The molecule has 0 saturated carbocycles. The normalized spacial score (nSPS) is 20.5. The lowest BCUT2D eigenvalue weighted by molar-refractivity contribution is -0.125. The zero-order valence-electron chi connectivity index (χ0n) is 18.5. The summed E-state index contributed by atoms with van der Waals surface area (Å²) in [6.07, 6.45) is 4.49. The predicted molar refractivity (Wildman–Crippen MR) is 120 cm³/mol. The maximum Gasteiger partial charge on any atom is 0.242 e. The number of fused-ring (bicyclic) bond motifs is 1. The summed E-state index contributed by atoms with van der Waals surface area (Å²) >= 11 is 0. The van der Waals surface area contributed by atoms with Gasteiger partial charge < -0.3 is 20.9 Å². The molecule has 6 heteroatoms. The van der Waals surface area contributed by atoms with Crippen LogP contribution in [0.3, 0.4) is 0 Å². The molecule has 1 aliphatic heterocycles. The molecule has 1 saturated heterocycles. The van der Waals surface area contributed by atoms with E-state index in [-0.39, 0.29) is 42.4 Å². The van der Waals surface area contributed by atoms with Crippen LogP contribution in [-0.4, -0.2) is 55.0 Å². The molecular formula is C24H36N4O2. The third-order valence-corrected chi connectivity index (χ3v) is 6.55. The molecule has 3 N–H and O–H groups in total. The van der Waals surface area contributed by atoms with Crippen molar-refractivity contribution >= 4 is 11.8 Å². The van der Waals surface area contributed by atoms with Gasteiger partial charge in [0.1, 0.15) is 6.04 Å². The van der Waals surface area contributed by atoms with Crippen LogP contribution >= 0.6 is 0 Å². The minimum atomic E-state index is -0.214. The molecule has 0 bridgehead atoms. The monoisotopic (exact) mass is 412 g/mol. The smallest absolute Gasteiger partial charge is 0.242 e. The Balaban J connectivity index is 1.65. The number of nitrogens with one attached hydrogen (secondary N) is 3. The van der Waals surface area contributed by atoms with Crippen LogP contribution in [0.1, 0.15) is 44.2 Å². The summed E-state index contributed by atoms with van der Waals surface area (Å²) in [6.45, 7) is 9.63. The zero-order chi connectivity index (χ0) is 21.7. The first-order valence-corrected chi connectivity index (χ1v) is 11.2. The summed E-state index contributed by atoms with van der Waals surface area (Å²) in [4.78, 5) is 27.5. The average Bonchev–Trinajstić information content (AvgIpc) is 3.37. The third-order valence-electron chi connectivity index (χ3n) is 6.55. The lowest BCUT2D eigenvalue weighted by atomic mass is 9.95. The van der Waals surface area contributed by atoms with Crippen LogP contribution in [0.15, 0.2) is 36.5 Å². The summed E-state index contributed by atoms with van der Waals surface area (Å²) < 4.78 is 0. The number of nitrogens with zero attached hydrogens (tertiary/aromatic N) is 1. The fourth-order valence-corrected chi connectivity index (χ4v) is 4.69. The Hall–Kier alpha value is -2.34. The van der Waals surface area contributed by atoms with Gasteiger partial charge in [-0.05, 0) is 49.8 Å². The van der Waals surface area contributed by atoms with E-state index < -0.39 is 0 Å². The van der Waals surface area contributed by atoms with Gasteiger partial charge in [-0.15, -0.1) is 0 Å². The number of carbonyl (C=O) groups excluding carboxylic acids is 2. The van der Waals surface area contributed by atoms with E-state index in [4.69, 9.17) is 0 Å². The highest BCUT2D eigenvalue weighted by atomic mass is 16.2. The second-order valence-corrected chi connectivity index (χ2v) is 8.69. The van der Waals surface area contributed by atoms with E-state index in [9.17, 15) is 9.59 Å². The SMILES string of the molecule is C=C(C(NC(=O)CNC)[C@@H](C)CC)N1CCCC1C(=O)NC1Cc2ccccc2C1. The lowest BCUT2D eigenvalue weighted by Crippen LogP contribution is -2.52. The molecule has 6 nitrogen and oxygen atoms in total. The Bertz CT molecular complexity index is 753. The minimum absolute atomic E-state index is 0.0483. The molecule has 2 aliphatic rings. The molecule has 2 unspecified atom stereocenters. The van der Waals surface area contributed by atoms with Gasteiger partial charge in [0.25, 0.3) is 0 Å². The topological polar surface area (TPSA) is 73.5 Å². The van der Waals surface area contributed by atoms with Crippen molar-refractivity contribution in [3.8, 4) is 0 Å². The molecule has 1 aliphatic carbocycles. The number of hydrogen-bond acceptors (Lipinski definition) is 4. The molecule has 1 heterocycles. The quantitative estimate of drug-likeness (QED) is 0.580. The van der Waals surface area contributed by atoms with Gasteiger partial charge in [0.15, 0.2) is 0 Å². The molecule has 1 fully saturated rings. The van der Waals surface area contributed by atoms with Crippen molar-refractivity contribution in [3.63, 3.8) is 0 Å². The van der Waals surface area contributed by atoms with Gasteiger partial charge >= 0.3 is 0 Å². The third kappa shape index (κ3) is 5.04. The van der Waals surface area contributed by atoms with Crippen LogP contribution in [0.5, 0.6) is 0 Å². The van der Waals surface area contributed by atoms with Crippen molar-refractivity contribution in [1.29, 1.82) is 0 Å². The highest BCUT2D eigenvalue weighted by Crippen LogP contribution is 2.28. The Morgan fingerprint density at radius 1 is 1.23 bits per heavy atom. The van der Waals surface area contributed by atoms with Gasteiger partial charge in [0.05, 0.1) is 12.6 Å². The number of likely N-dealkylation sites (tertiary alicyclic amines) is 1. The maximum atomic E-state index is 13.2. The molecule has 1 aromatic rings. The molecule has 0 radical (unpaired) electrons. The Morgan fingerprint density at radius 3 is 2.50 bits per heavy atom. The van der Waals surface area contributed by atoms with Crippen molar-refractivity contribution in [2.24, 2.45) is 5.92 Å². The molecule has 0 spiro atoms. The summed E-state index contributed by atoms with van der Waals surface area (Å²) in [5, 5.41) is 9.29. The van der Waals surface area contributed by atoms with E-state index in [0.29, 0.717) is 0 Å². The molecule has 3 rings (SSSR count). The van der Waals surface area contributed by atoms with Gasteiger partial charge in [-0.2, -0.15) is 0 Å². The first kappa shape index (κ1) is 22.3. The van der Waals surface area contributed by atoms with Gasteiger partial charge in [-0.3, -0.25) is 9.59 Å². The number of likely N-dealkylation sites (N-methyl/N-ethyl adjacent to an activating group) is 1. The average molecular weight is 413 g/mol. The number of hydrogen-bond donors (Lipinski definition) is 3. The van der Waals surface area contributed by atoms with Crippen molar-refractivity contribution in [2.75, 3.05) is 20.1 Å². The van der Waals surface area contributed by atoms with Crippen molar-refractivity contribution in [2.45, 2.75) is 64.1 Å². The van der Waals surface area contributed by atoms with E-state index >= 15 is 0 Å². The van der Waals surface area contributed by atoms with Gasteiger partial charge in [0.2, 0.25) is 11.8 Å². The Labute approximate surface area is 180 Å². The second-order valence-electron chi connectivity index (χ2n) is 8.69. The van der Waals surface area contributed by atoms with Crippen LogP contribution in [-0.2, 0) is 22.4 Å². The number of carbonyl (C=O) groups is 2. The van der Waals surface area contributed by atoms with Gasteiger partial charge in [0, 0.05) is 18.3 Å². The fraction of sp³-hybridized carbons (Fsp3) is 0.583. The summed E-state index contributed by atoms with van der Waals surface area (Å²) in [5.74, 6) is 0.274. The van der Waals surface area contributed by atoms with E-state index in [2.05, 4.69) is 65.5 Å². The first-order valence-electron chi connectivity index (χ1n) is 11.2. The molecule has 1 aromatic carbocycles. The molecule has 3 atom stereocenters. The molecule has 2 amide bonds. The predicted octanol–water partition coefficient (Wildman–Crippen LogP) is 2.00. The molecule has 0 aromatic heterocycles. The summed E-state index contributed by atoms with van der Waals surface area (Å²) in [5.41, 5.74) is 3.51. The number of benzene rings is 1. The van der Waals surface area contributed by atoms with Crippen LogP contribution in [0.4, 0.5) is 0 Å². The summed E-state index contributed by atoms with van der Waals surface area (Å²) in [6, 6.07) is 8.19. The van der Waals surface area contributed by atoms with E-state index in [1.54, 1.807) is 7.05 Å². The largest absolute Gasteiger partial charge is 0.362 e. The van der Waals surface area contributed by atoms with Gasteiger partial charge in [-0.1, -0.05) is 51.1 Å². The zero-order valence-corrected chi connectivity index (χ0v) is 18.5. The Morgan fingerprint density at radius 2 is 1.90 bits per heavy atom. The molecule has 30 heavy (non-hydrogen) atoms. The van der Waals surface area contributed by atoms with Crippen molar-refractivity contribution < 1.29 is 9.59 Å². The molecule has 164 valence electrons. The van der Waals surface area contributed by atoms with Crippen LogP contribution in [0, 0.1) is 5.92 Å². The summed E-state index contributed by atoms with van der Waals surface area (Å²) in [7, 11) is 1.76. The first-order chi connectivity index (χ1) is 14.4. The van der Waals surface area contributed by atoms with Crippen LogP contribution in [0.25, 0.3) is 0 Å². The minimum Gasteiger partial charge on any atom is -0.362 e. The molecular weight excluding hydrogens is 376 g/mol. The standard InChI is InChI=1S/C24H36N4O2/c1-5-16(2)23(27-22(29)15-25-4)17(3)28-12-8-11-21(28)24(30)26-20-13-18-9-6-7-10-19(18)14-20/h6-7,9-10,16,20-21,23,25H,3,5,8,11-15H2,1-2,4H3,(H,26,30)(H,27,29)/t16-,21?,23?/m0/s1. The van der Waals surface area contributed by atoms with E-state index in [1.165, 1.54) is 11.1 Å². The van der Waals surface area contributed by atoms with E-state index in [0.717, 1.165) is 44.3 Å². The number of amides is 2. The van der Waals surface area contributed by atoms with Crippen LogP contribution in [0.2, 0.25) is 0 Å². The van der Waals surface area contributed by atoms with Gasteiger partial charge in [-0.25, -0.2) is 0 Å². The fourth-order valence-electron chi connectivity index (χ4n) is 4.69. The lowest BCUT2D eigenvalue weighted by Gasteiger charge is -2.36. The second kappa shape index (κ2) is 10.1. The number of rotatable bonds is 9.